The van der Waals surface area contributed by atoms with Gasteiger partial charge < -0.3 is 10.5 Å². The number of hydrogen-bond acceptors (Lipinski definition) is 2. The van der Waals surface area contributed by atoms with Crippen molar-refractivity contribution in [1.82, 2.24) is 0 Å². The highest BCUT2D eigenvalue weighted by molar-refractivity contribution is 5.20. The number of hydrogen-bond donors (Lipinski definition) is 1. The molecule has 1 unspecified atom stereocenters. The van der Waals surface area contributed by atoms with Crippen molar-refractivity contribution in [1.29, 1.82) is 0 Å². The van der Waals surface area contributed by atoms with Crippen LogP contribution in [0.25, 0.3) is 0 Å². The normalized spacial score (nSPS) is 13.7. The van der Waals surface area contributed by atoms with Gasteiger partial charge in [0.2, 0.25) is 0 Å². The molecular formula is C14H22FNO. The highest BCUT2D eigenvalue weighted by atomic mass is 19.1. The van der Waals surface area contributed by atoms with Crippen LogP contribution >= 0.6 is 0 Å². The van der Waals surface area contributed by atoms with Crippen LogP contribution in [0.1, 0.15) is 38.2 Å². The molecule has 0 fully saturated rings. The summed E-state index contributed by atoms with van der Waals surface area (Å²) >= 11 is 0. The fourth-order valence-electron chi connectivity index (χ4n) is 1.78. The first-order valence-electron chi connectivity index (χ1n) is 5.99. The highest BCUT2D eigenvalue weighted by Gasteiger charge is 2.19. The quantitative estimate of drug-likeness (QED) is 0.828. The second kappa shape index (κ2) is 6.12. The first-order chi connectivity index (χ1) is 7.98. The highest BCUT2D eigenvalue weighted by Crippen LogP contribution is 2.25. The van der Waals surface area contributed by atoms with Crippen LogP contribution in [0.5, 0.6) is 0 Å². The van der Waals surface area contributed by atoms with Gasteiger partial charge in [-0.15, -0.1) is 0 Å². The third-order valence-corrected chi connectivity index (χ3v) is 3.27. The molecule has 0 bridgehead atoms. The van der Waals surface area contributed by atoms with E-state index in [0.29, 0.717) is 6.54 Å². The van der Waals surface area contributed by atoms with Crippen LogP contribution in [-0.2, 0) is 4.74 Å². The standard InChI is InChI=1S/C14H22FNO/c1-14(2,17-3)9-8-12(10-16)11-4-6-13(15)7-5-11/h4-7,12H,8-10,16H2,1-3H3. The Bertz CT molecular complexity index is 335. The molecule has 17 heavy (non-hydrogen) atoms. The molecule has 1 aromatic rings. The molecule has 2 nitrogen and oxygen atoms in total. The molecule has 0 aliphatic carbocycles. The lowest BCUT2D eigenvalue weighted by Crippen LogP contribution is -2.24. The predicted octanol–water partition coefficient (Wildman–Crippen LogP) is 3.07. The summed E-state index contributed by atoms with van der Waals surface area (Å²) in [5, 5.41) is 0. The van der Waals surface area contributed by atoms with E-state index in [0.717, 1.165) is 18.4 Å². The minimum atomic E-state index is -0.207. The first kappa shape index (κ1) is 14.1. The summed E-state index contributed by atoms with van der Waals surface area (Å²) in [4.78, 5) is 0. The maximum atomic E-state index is 12.8. The summed E-state index contributed by atoms with van der Waals surface area (Å²) < 4.78 is 18.2. The van der Waals surface area contributed by atoms with E-state index in [9.17, 15) is 4.39 Å². The van der Waals surface area contributed by atoms with Crippen molar-refractivity contribution < 1.29 is 9.13 Å². The third kappa shape index (κ3) is 4.44. The maximum absolute atomic E-state index is 12.8. The minimum Gasteiger partial charge on any atom is -0.379 e. The van der Waals surface area contributed by atoms with Gasteiger partial charge in [0.25, 0.3) is 0 Å². The van der Waals surface area contributed by atoms with Gasteiger partial charge in [-0.25, -0.2) is 4.39 Å². The van der Waals surface area contributed by atoms with Gasteiger partial charge in [-0.3, -0.25) is 0 Å². The molecule has 1 aromatic carbocycles. The Morgan fingerprint density at radius 3 is 2.35 bits per heavy atom. The Hall–Kier alpha value is -0.930. The number of ether oxygens (including phenoxy) is 1. The summed E-state index contributed by atoms with van der Waals surface area (Å²) in [6, 6.07) is 6.60. The van der Waals surface area contributed by atoms with Crippen molar-refractivity contribution in [2.75, 3.05) is 13.7 Å². The summed E-state index contributed by atoms with van der Waals surface area (Å²) in [5.41, 5.74) is 6.75. The van der Waals surface area contributed by atoms with Crippen LogP contribution in [0, 0.1) is 5.82 Å². The van der Waals surface area contributed by atoms with Gasteiger partial charge in [0, 0.05) is 7.11 Å². The Balaban J connectivity index is 2.63. The molecule has 0 aromatic heterocycles. The molecule has 0 spiro atoms. The van der Waals surface area contributed by atoms with Gasteiger partial charge in [0.05, 0.1) is 5.60 Å². The summed E-state index contributed by atoms with van der Waals surface area (Å²) in [6.45, 7) is 4.70. The van der Waals surface area contributed by atoms with Crippen molar-refractivity contribution in [3.8, 4) is 0 Å². The molecule has 0 saturated carbocycles. The zero-order valence-electron chi connectivity index (χ0n) is 10.9. The lowest BCUT2D eigenvalue weighted by Gasteiger charge is -2.25. The molecule has 3 heteroatoms. The van der Waals surface area contributed by atoms with Crippen LogP contribution in [0.2, 0.25) is 0 Å². The molecular weight excluding hydrogens is 217 g/mol. The van der Waals surface area contributed by atoms with Crippen LogP contribution in [0.4, 0.5) is 4.39 Å². The van der Waals surface area contributed by atoms with Crippen molar-refractivity contribution in [2.24, 2.45) is 5.73 Å². The van der Waals surface area contributed by atoms with E-state index in [-0.39, 0.29) is 17.3 Å². The van der Waals surface area contributed by atoms with Crippen LogP contribution in [0.3, 0.4) is 0 Å². The smallest absolute Gasteiger partial charge is 0.123 e. The average Bonchev–Trinajstić information content (AvgIpc) is 2.32. The van der Waals surface area contributed by atoms with E-state index in [1.54, 1.807) is 7.11 Å². The Kier molecular flexibility index (Phi) is 5.09. The molecule has 0 amide bonds. The first-order valence-corrected chi connectivity index (χ1v) is 5.99. The van der Waals surface area contributed by atoms with E-state index >= 15 is 0 Å². The van der Waals surface area contributed by atoms with Gasteiger partial charge in [-0.1, -0.05) is 12.1 Å². The molecule has 1 rings (SSSR count). The van der Waals surface area contributed by atoms with Crippen LogP contribution < -0.4 is 5.73 Å². The van der Waals surface area contributed by atoms with E-state index in [2.05, 4.69) is 13.8 Å². The van der Waals surface area contributed by atoms with Crippen LogP contribution in [-0.4, -0.2) is 19.3 Å². The van der Waals surface area contributed by atoms with Gasteiger partial charge in [-0.2, -0.15) is 0 Å². The van der Waals surface area contributed by atoms with E-state index < -0.39 is 0 Å². The monoisotopic (exact) mass is 239 g/mol. The summed E-state index contributed by atoms with van der Waals surface area (Å²) in [5.74, 6) is 0.0618. The molecule has 0 saturated heterocycles. The number of nitrogens with two attached hydrogens (primary N) is 1. The lowest BCUT2D eigenvalue weighted by molar-refractivity contribution is 0.0125. The maximum Gasteiger partial charge on any atom is 0.123 e. The van der Waals surface area contributed by atoms with Gasteiger partial charge in [0.15, 0.2) is 0 Å². The fraction of sp³-hybridized carbons (Fsp3) is 0.571. The van der Waals surface area contributed by atoms with Gasteiger partial charge >= 0.3 is 0 Å². The van der Waals surface area contributed by atoms with Crippen molar-refractivity contribution in [3.05, 3.63) is 35.6 Å². The van der Waals surface area contributed by atoms with Crippen LogP contribution in [0.15, 0.2) is 24.3 Å². The summed E-state index contributed by atoms with van der Waals surface area (Å²) in [7, 11) is 1.72. The Labute approximate surface area is 103 Å². The number of rotatable bonds is 6. The number of halogens is 1. The Morgan fingerprint density at radius 1 is 1.29 bits per heavy atom. The van der Waals surface area contributed by atoms with Crippen molar-refractivity contribution >= 4 is 0 Å². The van der Waals surface area contributed by atoms with E-state index in [1.165, 1.54) is 12.1 Å². The molecule has 2 N–H and O–H groups in total. The third-order valence-electron chi connectivity index (χ3n) is 3.27. The van der Waals surface area contributed by atoms with E-state index in [4.69, 9.17) is 10.5 Å². The minimum absolute atomic E-state index is 0.131. The fourth-order valence-corrected chi connectivity index (χ4v) is 1.78. The second-order valence-electron chi connectivity index (χ2n) is 4.99. The predicted molar refractivity (Wildman–Crippen MR) is 68.5 cm³/mol. The van der Waals surface area contributed by atoms with Crippen molar-refractivity contribution in [2.45, 2.75) is 38.2 Å². The second-order valence-corrected chi connectivity index (χ2v) is 4.99. The molecule has 0 radical (unpaired) electrons. The molecule has 0 heterocycles. The van der Waals surface area contributed by atoms with Gasteiger partial charge in [-0.05, 0) is 56.8 Å². The largest absolute Gasteiger partial charge is 0.379 e. The molecule has 0 aliphatic heterocycles. The SMILES string of the molecule is COC(C)(C)CCC(CN)c1ccc(F)cc1. The van der Waals surface area contributed by atoms with Gasteiger partial charge in [0.1, 0.15) is 5.82 Å². The molecule has 96 valence electrons. The molecule has 1 atom stereocenters. The van der Waals surface area contributed by atoms with Crippen molar-refractivity contribution in [3.63, 3.8) is 0 Å². The number of methoxy groups -OCH3 is 1. The lowest BCUT2D eigenvalue weighted by atomic mass is 9.90. The average molecular weight is 239 g/mol. The zero-order valence-corrected chi connectivity index (χ0v) is 10.9. The Morgan fingerprint density at radius 2 is 1.88 bits per heavy atom. The zero-order chi connectivity index (χ0) is 12.9. The van der Waals surface area contributed by atoms with E-state index in [1.807, 2.05) is 12.1 Å². The summed E-state index contributed by atoms with van der Waals surface area (Å²) in [6.07, 6.45) is 1.88. The topological polar surface area (TPSA) is 35.2 Å². The number of benzene rings is 1. The molecule has 0 aliphatic rings.